The Balaban J connectivity index is 2.43. The maximum absolute atomic E-state index is 12.8. The molecular weight excluding hydrogens is 260 g/mol. The van der Waals surface area contributed by atoms with Crippen LogP contribution in [-0.4, -0.2) is 13.9 Å². The van der Waals surface area contributed by atoms with Crippen molar-refractivity contribution in [3.8, 4) is 0 Å². The predicted octanol–water partition coefficient (Wildman–Crippen LogP) is 5.23. The van der Waals surface area contributed by atoms with E-state index in [0.29, 0.717) is 23.0 Å². The third-order valence-electron chi connectivity index (χ3n) is 6.25. The minimum Gasteiger partial charge on any atom is -0.299 e. The van der Waals surface area contributed by atoms with Crippen LogP contribution in [0.25, 0.3) is 0 Å². The molecule has 0 amide bonds. The smallest absolute Gasteiger partial charge is 0.139 e. The SMILES string of the molecule is C/C=C(\C[C@]12C(=O)CC[C@H]1C(C)(C)C[C@H]2C)[Si](C)(C)C. The molecule has 2 saturated carbocycles. The fraction of sp³-hybridized carbons (Fsp3) is 0.833. The zero-order valence-electron chi connectivity index (χ0n) is 14.5. The van der Waals surface area contributed by atoms with Gasteiger partial charge in [-0.3, -0.25) is 4.79 Å². The summed E-state index contributed by atoms with van der Waals surface area (Å²) in [6, 6.07) is 0. The summed E-state index contributed by atoms with van der Waals surface area (Å²) in [5.74, 6) is 1.71. The topological polar surface area (TPSA) is 17.1 Å². The number of Topliss-reactive ketones (excluding diaryl/α,β-unsaturated/α-hetero) is 1. The number of fused-ring (bicyclic) bond motifs is 1. The van der Waals surface area contributed by atoms with E-state index in [9.17, 15) is 4.79 Å². The van der Waals surface area contributed by atoms with Crippen molar-refractivity contribution in [2.75, 3.05) is 0 Å². The maximum atomic E-state index is 12.8. The molecule has 2 fully saturated rings. The fourth-order valence-corrected chi connectivity index (χ4v) is 6.98. The number of hydrogen-bond donors (Lipinski definition) is 0. The highest BCUT2D eigenvalue weighted by Crippen LogP contribution is 2.65. The highest BCUT2D eigenvalue weighted by Gasteiger charge is 2.63. The first-order chi connectivity index (χ1) is 9.05. The Bertz CT molecular complexity index is 441. The van der Waals surface area contributed by atoms with Crippen molar-refractivity contribution in [2.45, 2.75) is 73.0 Å². The van der Waals surface area contributed by atoms with E-state index in [2.05, 4.69) is 53.4 Å². The van der Waals surface area contributed by atoms with Gasteiger partial charge in [0.05, 0.1) is 8.07 Å². The van der Waals surface area contributed by atoms with E-state index in [0.717, 1.165) is 19.3 Å². The summed E-state index contributed by atoms with van der Waals surface area (Å²) in [4.78, 5) is 12.8. The van der Waals surface area contributed by atoms with E-state index < -0.39 is 8.07 Å². The predicted molar refractivity (Wildman–Crippen MR) is 89.4 cm³/mol. The highest BCUT2D eigenvalue weighted by atomic mass is 28.3. The second-order valence-electron chi connectivity index (χ2n) is 8.89. The van der Waals surface area contributed by atoms with Crippen molar-refractivity contribution in [1.82, 2.24) is 0 Å². The van der Waals surface area contributed by atoms with Crippen LogP contribution in [0.2, 0.25) is 19.6 Å². The van der Waals surface area contributed by atoms with Crippen molar-refractivity contribution < 1.29 is 4.79 Å². The van der Waals surface area contributed by atoms with Crippen molar-refractivity contribution >= 4 is 13.9 Å². The van der Waals surface area contributed by atoms with Crippen LogP contribution in [0, 0.1) is 22.7 Å². The molecule has 0 aromatic carbocycles. The Morgan fingerprint density at radius 2 is 1.95 bits per heavy atom. The third kappa shape index (κ3) is 2.24. The summed E-state index contributed by atoms with van der Waals surface area (Å²) < 4.78 is 0. The number of hydrogen-bond acceptors (Lipinski definition) is 1. The molecule has 0 unspecified atom stereocenters. The van der Waals surface area contributed by atoms with Gasteiger partial charge >= 0.3 is 0 Å². The quantitative estimate of drug-likeness (QED) is 0.651. The van der Waals surface area contributed by atoms with E-state index in [1.807, 2.05) is 0 Å². The van der Waals surface area contributed by atoms with Crippen LogP contribution in [0.15, 0.2) is 11.3 Å². The molecule has 20 heavy (non-hydrogen) atoms. The van der Waals surface area contributed by atoms with E-state index in [1.54, 1.807) is 5.20 Å². The van der Waals surface area contributed by atoms with Gasteiger partial charge in [0.2, 0.25) is 0 Å². The second-order valence-corrected chi connectivity index (χ2v) is 14.0. The molecule has 0 aromatic heterocycles. The molecule has 0 heterocycles. The van der Waals surface area contributed by atoms with Crippen LogP contribution in [0.1, 0.15) is 53.4 Å². The zero-order chi connectivity index (χ0) is 15.3. The molecule has 0 spiro atoms. The third-order valence-corrected chi connectivity index (χ3v) is 8.64. The maximum Gasteiger partial charge on any atom is 0.139 e. The minimum absolute atomic E-state index is 0.0361. The number of carbonyl (C=O) groups excluding carboxylic acids is 1. The first kappa shape index (κ1) is 16.0. The number of carbonyl (C=O) groups is 1. The molecular formula is C18H32OSi. The van der Waals surface area contributed by atoms with Crippen LogP contribution >= 0.6 is 0 Å². The van der Waals surface area contributed by atoms with E-state index >= 15 is 0 Å². The molecule has 3 atom stereocenters. The lowest BCUT2D eigenvalue weighted by Gasteiger charge is -2.38. The monoisotopic (exact) mass is 292 g/mol. The van der Waals surface area contributed by atoms with E-state index in [1.165, 1.54) is 6.42 Å². The standard InChI is InChI=1S/C18H32OSi/c1-8-14(20(5,6)7)12-18-13(2)11-17(3,4)15(18)9-10-16(18)19/h8,13,15H,9-12H2,1-7H3/b14-8+/t13-,15+,18-/m1/s1. The lowest BCUT2D eigenvalue weighted by atomic mass is 9.68. The Kier molecular flexibility index (Phi) is 3.86. The van der Waals surface area contributed by atoms with Gasteiger partial charge < -0.3 is 0 Å². The molecule has 114 valence electrons. The first-order valence-electron chi connectivity index (χ1n) is 8.24. The van der Waals surface area contributed by atoms with Crippen LogP contribution in [0.4, 0.5) is 0 Å². The average Bonchev–Trinajstić information content (AvgIpc) is 2.71. The Morgan fingerprint density at radius 1 is 1.35 bits per heavy atom. The van der Waals surface area contributed by atoms with Gasteiger partial charge in [0.1, 0.15) is 5.78 Å². The van der Waals surface area contributed by atoms with Crippen LogP contribution in [-0.2, 0) is 4.79 Å². The zero-order valence-corrected chi connectivity index (χ0v) is 15.5. The van der Waals surface area contributed by atoms with Gasteiger partial charge in [-0.05, 0) is 43.4 Å². The molecule has 0 saturated heterocycles. The minimum atomic E-state index is -1.32. The summed E-state index contributed by atoms with van der Waals surface area (Å²) in [6.07, 6.45) is 6.53. The molecule has 0 aromatic rings. The molecule has 1 nitrogen and oxygen atoms in total. The molecule has 2 aliphatic carbocycles. The molecule has 2 aliphatic rings. The summed E-state index contributed by atoms with van der Waals surface area (Å²) >= 11 is 0. The molecule has 0 aliphatic heterocycles. The van der Waals surface area contributed by atoms with E-state index in [-0.39, 0.29) is 5.41 Å². The summed E-state index contributed by atoms with van der Waals surface area (Å²) in [6.45, 7) is 16.5. The van der Waals surface area contributed by atoms with Crippen LogP contribution in [0.3, 0.4) is 0 Å². The molecule has 2 heteroatoms. The fourth-order valence-electron chi connectivity index (χ4n) is 5.29. The average molecular weight is 293 g/mol. The Morgan fingerprint density at radius 3 is 2.45 bits per heavy atom. The van der Waals surface area contributed by atoms with Gasteiger partial charge in [0.15, 0.2) is 0 Å². The summed E-state index contributed by atoms with van der Waals surface area (Å²) in [7, 11) is -1.32. The number of allylic oxidation sites excluding steroid dienone is 2. The van der Waals surface area contributed by atoms with Gasteiger partial charge in [-0.2, -0.15) is 0 Å². The van der Waals surface area contributed by atoms with Gasteiger partial charge in [-0.25, -0.2) is 0 Å². The number of ketones is 1. The normalized spacial score (nSPS) is 37.4. The largest absolute Gasteiger partial charge is 0.299 e. The lowest BCUT2D eigenvalue weighted by Crippen LogP contribution is -2.39. The van der Waals surface area contributed by atoms with Crippen molar-refractivity contribution in [1.29, 1.82) is 0 Å². The Labute approximate surface area is 126 Å². The number of rotatable bonds is 3. The lowest BCUT2D eigenvalue weighted by molar-refractivity contribution is -0.128. The van der Waals surface area contributed by atoms with Crippen molar-refractivity contribution in [3.63, 3.8) is 0 Å². The Hall–Kier alpha value is -0.373. The first-order valence-corrected chi connectivity index (χ1v) is 11.7. The summed E-state index contributed by atoms with van der Waals surface area (Å²) in [5.41, 5.74) is 0.301. The molecule has 0 N–H and O–H groups in total. The van der Waals surface area contributed by atoms with Gasteiger partial charge in [-0.1, -0.05) is 51.7 Å². The van der Waals surface area contributed by atoms with Crippen molar-refractivity contribution in [3.05, 3.63) is 11.3 Å². The molecule has 0 radical (unpaired) electrons. The van der Waals surface area contributed by atoms with Crippen LogP contribution in [0.5, 0.6) is 0 Å². The van der Waals surface area contributed by atoms with Gasteiger partial charge in [0, 0.05) is 11.8 Å². The van der Waals surface area contributed by atoms with Gasteiger partial charge in [-0.15, -0.1) is 0 Å². The van der Waals surface area contributed by atoms with Crippen molar-refractivity contribution in [2.24, 2.45) is 22.7 Å². The van der Waals surface area contributed by atoms with E-state index in [4.69, 9.17) is 0 Å². The molecule has 2 rings (SSSR count). The highest BCUT2D eigenvalue weighted by molar-refractivity contribution is 6.83. The van der Waals surface area contributed by atoms with Crippen LogP contribution < -0.4 is 0 Å². The summed E-state index contributed by atoms with van der Waals surface area (Å²) in [5, 5.41) is 1.60. The molecule has 0 bridgehead atoms. The van der Waals surface area contributed by atoms with Gasteiger partial charge in [0.25, 0.3) is 0 Å². The second kappa shape index (κ2) is 4.83.